The average Bonchev–Trinajstić information content (AvgIpc) is 3.06. The van der Waals surface area contributed by atoms with Gasteiger partial charge < -0.3 is 26.3 Å². The number of anilines is 1. The number of rotatable bonds is 5. The summed E-state index contributed by atoms with van der Waals surface area (Å²) >= 11 is 7.85. The zero-order valence-electron chi connectivity index (χ0n) is 13.5. The molecule has 0 aliphatic carbocycles. The van der Waals surface area contributed by atoms with E-state index in [0.717, 1.165) is 16.9 Å². The van der Waals surface area contributed by atoms with E-state index in [0.29, 0.717) is 0 Å². The summed E-state index contributed by atoms with van der Waals surface area (Å²) in [6.45, 7) is -0.0437. The molecule has 0 bridgehead atoms. The van der Waals surface area contributed by atoms with E-state index in [1.807, 2.05) is 0 Å². The zero-order chi connectivity index (χ0) is 19.8. The molecule has 144 valence electrons. The molecule has 1 aromatic heterocycles. The lowest BCUT2D eigenvalue weighted by Crippen LogP contribution is -2.73. The third kappa shape index (κ3) is 3.35. The number of nitrogen functional groups attached to an aromatic ring is 1. The van der Waals surface area contributed by atoms with Crippen molar-refractivity contribution in [1.29, 1.82) is 0 Å². The van der Waals surface area contributed by atoms with Crippen molar-refractivity contribution in [2.45, 2.75) is 11.4 Å². The molecular weight excluding hydrogens is 418 g/mol. The maximum Gasteiger partial charge on any atom is 0.316 e. The molecule has 2 unspecified atom stereocenters. The van der Waals surface area contributed by atoms with Gasteiger partial charge in [0.15, 0.2) is 10.8 Å². The number of oxime groups is 1. The lowest BCUT2D eigenvalue weighted by atomic mass is 9.87. The molecule has 0 aromatic carbocycles. The first-order valence-electron chi connectivity index (χ1n) is 7.50. The Kier molecular flexibility index (Phi) is 5.31. The van der Waals surface area contributed by atoms with Gasteiger partial charge in [0.1, 0.15) is 22.5 Å². The van der Waals surface area contributed by atoms with Crippen molar-refractivity contribution in [2.75, 3.05) is 18.0 Å². The van der Waals surface area contributed by atoms with Crippen LogP contribution in [-0.2, 0) is 14.4 Å². The van der Waals surface area contributed by atoms with Crippen molar-refractivity contribution in [2.24, 2.45) is 10.6 Å². The molecular formula is C14H14ClN5O5S2. The number of carboxylic acid groups (broad SMARTS) is 1. The van der Waals surface area contributed by atoms with Crippen LogP contribution in [0.5, 0.6) is 0 Å². The smallest absolute Gasteiger partial charge is 0.316 e. The monoisotopic (exact) mass is 431 g/mol. The van der Waals surface area contributed by atoms with Gasteiger partial charge in [-0.05, 0) is 0 Å². The Morgan fingerprint density at radius 3 is 2.85 bits per heavy atom. The van der Waals surface area contributed by atoms with E-state index >= 15 is 0 Å². The van der Waals surface area contributed by atoms with E-state index in [4.69, 9.17) is 22.5 Å². The van der Waals surface area contributed by atoms with E-state index in [9.17, 15) is 19.5 Å². The number of hydrogen-bond donors (Lipinski definition) is 4. The van der Waals surface area contributed by atoms with Crippen molar-refractivity contribution in [3.8, 4) is 0 Å². The van der Waals surface area contributed by atoms with E-state index in [2.05, 4.69) is 15.5 Å². The summed E-state index contributed by atoms with van der Waals surface area (Å²) in [5.74, 6) is -2.10. The number of carboxylic acids is 1. The molecule has 2 aliphatic heterocycles. The van der Waals surface area contributed by atoms with Gasteiger partial charge in [0.25, 0.3) is 5.91 Å². The lowest BCUT2D eigenvalue weighted by molar-refractivity contribution is -0.156. The molecule has 2 amide bonds. The maximum absolute atomic E-state index is 12.4. The fourth-order valence-corrected chi connectivity index (χ4v) is 5.14. The number of amides is 2. The van der Waals surface area contributed by atoms with Gasteiger partial charge >= 0.3 is 5.97 Å². The number of aliphatic carboxylic acids is 1. The topological polar surface area (TPSA) is 158 Å². The van der Waals surface area contributed by atoms with Crippen LogP contribution in [0.1, 0.15) is 5.69 Å². The largest absolute Gasteiger partial charge is 0.481 e. The number of aromatic nitrogens is 1. The molecule has 13 heteroatoms. The number of halogens is 1. The summed E-state index contributed by atoms with van der Waals surface area (Å²) in [5.41, 5.74) is 5.09. The number of carbonyl (C=O) groups excluding carboxylic acids is 2. The first-order chi connectivity index (χ1) is 12.8. The quantitative estimate of drug-likeness (QED) is 0.221. The fourth-order valence-electron chi connectivity index (χ4n) is 2.84. The number of carbonyl (C=O) groups is 3. The number of thiazole rings is 1. The molecule has 0 radical (unpaired) electrons. The highest BCUT2D eigenvalue weighted by atomic mass is 35.5. The second-order valence-corrected chi connectivity index (χ2v) is 8.14. The Morgan fingerprint density at radius 1 is 1.56 bits per heavy atom. The fraction of sp³-hybridized carbons (Fsp3) is 0.357. The third-order valence-electron chi connectivity index (χ3n) is 4.28. The molecule has 0 spiro atoms. The second kappa shape index (κ2) is 7.37. The molecule has 3 heterocycles. The van der Waals surface area contributed by atoms with E-state index in [1.165, 1.54) is 28.1 Å². The average molecular weight is 432 g/mol. The van der Waals surface area contributed by atoms with Crippen LogP contribution >= 0.6 is 34.7 Å². The minimum Gasteiger partial charge on any atom is -0.481 e. The standard InChI is InChI=1S/C14H14ClN5O5S2/c15-2-1-14(12(23)24)4-20-10(22)8(11(20)27-5-14)18-9(21)7(19-25)6-3-26-13(16)17-6/h1-3,8,11,25H,4-5H2,(H2,16,17)(H,18,21)(H,23,24)/t8?,11-,14?/m1/s1. The first-order valence-corrected chi connectivity index (χ1v) is 9.87. The van der Waals surface area contributed by atoms with Crippen LogP contribution in [0.4, 0.5) is 5.13 Å². The summed E-state index contributed by atoms with van der Waals surface area (Å²) in [6.07, 6.45) is 1.35. The van der Waals surface area contributed by atoms with Crippen molar-refractivity contribution in [1.82, 2.24) is 15.2 Å². The van der Waals surface area contributed by atoms with Crippen molar-refractivity contribution in [3.05, 3.63) is 22.7 Å². The molecule has 3 rings (SSSR count). The summed E-state index contributed by atoms with van der Waals surface area (Å²) in [6, 6.07) is -0.859. The van der Waals surface area contributed by atoms with Crippen molar-refractivity contribution < 1.29 is 24.7 Å². The molecule has 0 saturated carbocycles. The molecule has 3 atom stereocenters. The highest BCUT2D eigenvalue weighted by Gasteiger charge is 2.56. The van der Waals surface area contributed by atoms with Crippen LogP contribution in [0.25, 0.3) is 0 Å². The van der Waals surface area contributed by atoms with Gasteiger partial charge in [0, 0.05) is 23.2 Å². The van der Waals surface area contributed by atoms with E-state index < -0.39 is 34.6 Å². The summed E-state index contributed by atoms with van der Waals surface area (Å²) in [4.78, 5) is 41.6. The van der Waals surface area contributed by atoms with Gasteiger partial charge in [-0.3, -0.25) is 14.4 Å². The number of thioether (sulfide) groups is 1. The van der Waals surface area contributed by atoms with Crippen LogP contribution in [0.2, 0.25) is 0 Å². The van der Waals surface area contributed by atoms with E-state index in [-0.39, 0.29) is 28.8 Å². The van der Waals surface area contributed by atoms with E-state index in [1.54, 1.807) is 0 Å². The molecule has 2 saturated heterocycles. The number of β-lactam (4-membered cyclic amide) rings is 1. The molecule has 5 N–H and O–H groups in total. The third-order valence-corrected chi connectivity index (χ3v) is 6.63. The predicted octanol–water partition coefficient (Wildman–Crippen LogP) is 0.127. The summed E-state index contributed by atoms with van der Waals surface area (Å²) in [7, 11) is 0. The highest BCUT2D eigenvalue weighted by molar-refractivity contribution is 8.00. The summed E-state index contributed by atoms with van der Waals surface area (Å²) in [5, 5.41) is 25.3. The number of nitrogens with one attached hydrogen (secondary N) is 1. The number of fused-ring (bicyclic) bond motifs is 1. The maximum atomic E-state index is 12.4. The summed E-state index contributed by atoms with van der Waals surface area (Å²) < 4.78 is 0. The molecule has 1 aromatic rings. The van der Waals surface area contributed by atoms with Crippen LogP contribution in [0.15, 0.2) is 22.1 Å². The number of hydrogen-bond acceptors (Lipinski definition) is 9. The predicted molar refractivity (Wildman–Crippen MR) is 99.8 cm³/mol. The molecule has 27 heavy (non-hydrogen) atoms. The Morgan fingerprint density at radius 2 is 2.30 bits per heavy atom. The minimum atomic E-state index is -1.27. The highest BCUT2D eigenvalue weighted by Crippen LogP contribution is 2.43. The van der Waals surface area contributed by atoms with Crippen LogP contribution in [0, 0.1) is 5.41 Å². The Bertz CT molecular complexity index is 859. The molecule has 2 aliphatic rings. The van der Waals surface area contributed by atoms with Gasteiger partial charge in [0.05, 0.1) is 0 Å². The van der Waals surface area contributed by atoms with Gasteiger partial charge in [0.2, 0.25) is 5.91 Å². The number of nitrogens with zero attached hydrogens (tertiary/aromatic N) is 3. The molecule has 10 nitrogen and oxygen atoms in total. The van der Waals surface area contributed by atoms with Gasteiger partial charge in [-0.25, -0.2) is 4.98 Å². The normalized spacial score (nSPS) is 28.0. The van der Waals surface area contributed by atoms with Gasteiger partial charge in [-0.1, -0.05) is 22.8 Å². The Labute approximate surface area is 166 Å². The van der Waals surface area contributed by atoms with Gasteiger partial charge in [-0.2, -0.15) is 0 Å². The molecule has 2 fully saturated rings. The van der Waals surface area contributed by atoms with Crippen LogP contribution < -0.4 is 11.1 Å². The van der Waals surface area contributed by atoms with Gasteiger partial charge in [-0.15, -0.1) is 23.1 Å². The first kappa shape index (κ1) is 19.5. The van der Waals surface area contributed by atoms with Crippen molar-refractivity contribution >= 4 is 63.3 Å². The van der Waals surface area contributed by atoms with Crippen LogP contribution in [-0.4, -0.2) is 67.4 Å². The van der Waals surface area contributed by atoms with Crippen LogP contribution in [0.3, 0.4) is 0 Å². The van der Waals surface area contributed by atoms with Crippen molar-refractivity contribution in [3.63, 3.8) is 0 Å². The minimum absolute atomic E-state index is 0.0437. The number of nitrogens with two attached hydrogens (primary N) is 1. The lowest BCUT2D eigenvalue weighted by Gasteiger charge is -2.53. The zero-order valence-corrected chi connectivity index (χ0v) is 15.9. The SMILES string of the molecule is Nc1nc(C(=NO)C(=O)NC2C(=O)N3CC(C=CCl)(C(=O)O)CS[C@H]23)cs1. The second-order valence-electron chi connectivity index (χ2n) is 5.89. The Hall–Kier alpha value is -2.31. The Balaban J connectivity index is 1.70.